The summed E-state index contributed by atoms with van der Waals surface area (Å²) in [6.45, 7) is 3.34. The Morgan fingerprint density at radius 2 is 2.00 bits per heavy atom. The number of rotatable bonds is 1. The van der Waals surface area contributed by atoms with Gasteiger partial charge in [-0.25, -0.2) is 9.97 Å². The second kappa shape index (κ2) is 3.47. The van der Waals surface area contributed by atoms with E-state index >= 15 is 0 Å². The van der Waals surface area contributed by atoms with Gasteiger partial charge in [0.2, 0.25) is 5.82 Å². The maximum Gasteiger partial charge on any atom is 0.449 e. The van der Waals surface area contributed by atoms with Gasteiger partial charge in [0.25, 0.3) is 0 Å². The van der Waals surface area contributed by atoms with E-state index in [9.17, 15) is 13.2 Å². The number of imidazole rings is 1. The first kappa shape index (κ1) is 10.9. The summed E-state index contributed by atoms with van der Waals surface area (Å²) in [5.41, 5.74) is 0.536. The number of pyridine rings is 1. The summed E-state index contributed by atoms with van der Waals surface area (Å²) >= 11 is 0. The molecular weight excluding hydrogens is 219 g/mol. The number of hydrogen-bond donors (Lipinski definition) is 0. The third kappa shape index (κ3) is 1.64. The summed E-state index contributed by atoms with van der Waals surface area (Å²) in [7, 11) is 0. The van der Waals surface area contributed by atoms with Gasteiger partial charge >= 0.3 is 6.18 Å². The lowest BCUT2D eigenvalue weighted by Gasteiger charge is -2.13. The standard InChI is InChI=1S/C10H10F3N3/c1-6(2)16-8-7(4-3-5-14-8)15-9(16)10(11,12)13/h3-6H,1-2H3. The third-order valence-electron chi connectivity index (χ3n) is 2.22. The molecule has 0 atom stereocenters. The second-order valence-electron chi connectivity index (χ2n) is 3.74. The number of fused-ring (bicyclic) bond motifs is 1. The molecular formula is C10H10F3N3. The summed E-state index contributed by atoms with van der Waals surface area (Å²) in [5.74, 6) is -0.892. The Bertz CT molecular complexity index is 513. The largest absolute Gasteiger partial charge is 0.449 e. The first-order valence-electron chi connectivity index (χ1n) is 4.81. The second-order valence-corrected chi connectivity index (χ2v) is 3.74. The highest BCUT2D eigenvalue weighted by atomic mass is 19.4. The highest BCUT2D eigenvalue weighted by molar-refractivity contribution is 5.71. The van der Waals surface area contributed by atoms with E-state index in [0.29, 0.717) is 0 Å². The maximum absolute atomic E-state index is 12.7. The molecule has 2 aromatic heterocycles. The SMILES string of the molecule is CC(C)n1c(C(F)(F)F)nc2cccnc21. The van der Waals surface area contributed by atoms with Crippen molar-refractivity contribution in [3.63, 3.8) is 0 Å². The lowest BCUT2D eigenvalue weighted by Crippen LogP contribution is -2.16. The molecule has 0 bridgehead atoms. The van der Waals surface area contributed by atoms with E-state index in [1.807, 2.05) is 0 Å². The van der Waals surface area contributed by atoms with E-state index in [-0.39, 0.29) is 17.2 Å². The van der Waals surface area contributed by atoms with Crippen LogP contribution in [0.5, 0.6) is 0 Å². The lowest BCUT2D eigenvalue weighted by atomic mass is 10.3. The molecule has 0 aliphatic heterocycles. The Morgan fingerprint density at radius 1 is 1.31 bits per heavy atom. The molecule has 6 heteroatoms. The van der Waals surface area contributed by atoms with Gasteiger partial charge in [-0.05, 0) is 26.0 Å². The van der Waals surface area contributed by atoms with Crippen LogP contribution in [0.4, 0.5) is 13.2 Å². The predicted octanol–water partition coefficient (Wildman–Crippen LogP) is 3.03. The molecule has 16 heavy (non-hydrogen) atoms. The lowest BCUT2D eigenvalue weighted by molar-refractivity contribution is -0.147. The monoisotopic (exact) mass is 229 g/mol. The number of hydrogen-bond acceptors (Lipinski definition) is 2. The molecule has 2 heterocycles. The van der Waals surface area contributed by atoms with Gasteiger partial charge in [-0.2, -0.15) is 13.2 Å². The maximum atomic E-state index is 12.7. The Hall–Kier alpha value is -1.59. The molecule has 0 radical (unpaired) electrons. The van der Waals surface area contributed by atoms with Crippen LogP contribution < -0.4 is 0 Å². The molecule has 0 amide bonds. The van der Waals surface area contributed by atoms with E-state index in [2.05, 4.69) is 9.97 Å². The Kier molecular flexibility index (Phi) is 2.36. The molecule has 0 saturated heterocycles. The average molecular weight is 229 g/mol. The van der Waals surface area contributed by atoms with Crippen molar-refractivity contribution < 1.29 is 13.2 Å². The number of nitrogens with zero attached hydrogens (tertiary/aromatic N) is 3. The molecule has 3 nitrogen and oxygen atoms in total. The zero-order chi connectivity index (χ0) is 11.9. The number of aromatic nitrogens is 3. The topological polar surface area (TPSA) is 30.7 Å². The van der Waals surface area contributed by atoms with Crippen molar-refractivity contribution in [1.82, 2.24) is 14.5 Å². The quantitative estimate of drug-likeness (QED) is 0.752. The smallest absolute Gasteiger partial charge is 0.303 e. The van der Waals surface area contributed by atoms with Crippen molar-refractivity contribution >= 4 is 11.2 Å². The predicted molar refractivity (Wildman–Crippen MR) is 52.9 cm³/mol. The minimum atomic E-state index is -4.45. The third-order valence-corrected chi connectivity index (χ3v) is 2.22. The van der Waals surface area contributed by atoms with Gasteiger partial charge < -0.3 is 4.57 Å². The van der Waals surface area contributed by atoms with Crippen LogP contribution in [0.3, 0.4) is 0 Å². The molecule has 0 aromatic carbocycles. The fourth-order valence-corrected chi connectivity index (χ4v) is 1.62. The molecule has 0 unspecified atom stereocenters. The molecule has 0 saturated carbocycles. The van der Waals surface area contributed by atoms with Crippen LogP contribution in [0.2, 0.25) is 0 Å². The van der Waals surface area contributed by atoms with Crippen LogP contribution in [0.25, 0.3) is 11.2 Å². The zero-order valence-corrected chi connectivity index (χ0v) is 8.78. The summed E-state index contributed by atoms with van der Waals surface area (Å²) in [6, 6.07) is 2.76. The highest BCUT2D eigenvalue weighted by Gasteiger charge is 2.38. The molecule has 2 aromatic rings. The summed E-state index contributed by atoms with van der Waals surface area (Å²) in [6.07, 6.45) is -2.99. The van der Waals surface area contributed by atoms with Gasteiger partial charge in [0.15, 0.2) is 5.65 Å². The van der Waals surface area contributed by atoms with E-state index < -0.39 is 12.0 Å². The average Bonchev–Trinajstić information content (AvgIpc) is 2.55. The van der Waals surface area contributed by atoms with Crippen molar-refractivity contribution in [2.24, 2.45) is 0 Å². The number of halogens is 3. The molecule has 86 valence electrons. The highest BCUT2D eigenvalue weighted by Crippen LogP contribution is 2.32. The summed E-state index contributed by atoms with van der Waals surface area (Å²) in [4.78, 5) is 7.52. The van der Waals surface area contributed by atoms with Crippen LogP contribution >= 0.6 is 0 Å². The zero-order valence-electron chi connectivity index (χ0n) is 8.78. The van der Waals surface area contributed by atoms with Crippen molar-refractivity contribution in [1.29, 1.82) is 0 Å². The fourth-order valence-electron chi connectivity index (χ4n) is 1.62. The van der Waals surface area contributed by atoms with Crippen molar-refractivity contribution in [2.75, 3.05) is 0 Å². The molecule has 0 N–H and O–H groups in total. The Morgan fingerprint density at radius 3 is 2.56 bits per heavy atom. The van der Waals surface area contributed by atoms with E-state index in [1.54, 1.807) is 19.9 Å². The first-order chi connectivity index (χ1) is 7.41. The van der Waals surface area contributed by atoms with E-state index in [4.69, 9.17) is 0 Å². The Balaban J connectivity index is 2.78. The van der Waals surface area contributed by atoms with Gasteiger partial charge in [0.05, 0.1) is 0 Å². The molecule has 2 rings (SSSR count). The van der Waals surface area contributed by atoms with Crippen molar-refractivity contribution in [3.05, 3.63) is 24.2 Å². The van der Waals surface area contributed by atoms with E-state index in [1.165, 1.54) is 12.3 Å². The molecule has 0 spiro atoms. The molecule has 0 fully saturated rings. The number of alkyl halides is 3. The van der Waals surface area contributed by atoms with Gasteiger partial charge in [-0.3, -0.25) is 0 Å². The van der Waals surface area contributed by atoms with Crippen LogP contribution in [0.15, 0.2) is 18.3 Å². The van der Waals surface area contributed by atoms with Gasteiger partial charge in [-0.15, -0.1) is 0 Å². The fraction of sp³-hybridized carbons (Fsp3) is 0.400. The van der Waals surface area contributed by atoms with Crippen molar-refractivity contribution in [2.45, 2.75) is 26.1 Å². The van der Waals surface area contributed by atoms with Gasteiger partial charge in [0, 0.05) is 12.2 Å². The summed E-state index contributed by atoms with van der Waals surface area (Å²) < 4.78 is 39.3. The van der Waals surface area contributed by atoms with E-state index in [0.717, 1.165) is 4.57 Å². The van der Waals surface area contributed by atoms with Crippen LogP contribution in [0.1, 0.15) is 25.7 Å². The minimum absolute atomic E-state index is 0.267. The van der Waals surface area contributed by atoms with Gasteiger partial charge in [0.1, 0.15) is 5.52 Å². The Labute approximate surface area is 89.9 Å². The normalized spacial score (nSPS) is 12.6. The van der Waals surface area contributed by atoms with Crippen LogP contribution in [-0.2, 0) is 6.18 Å². The van der Waals surface area contributed by atoms with Crippen LogP contribution in [0, 0.1) is 0 Å². The summed E-state index contributed by atoms with van der Waals surface area (Å²) in [5, 5.41) is 0. The minimum Gasteiger partial charge on any atom is -0.303 e. The van der Waals surface area contributed by atoms with Gasteiger partial charge in [-0.1, -0.05) is 0 Å². The molecule has 0 aliphatic carbocycles. The van der Waals surface area contributed by atoms with Crippen LogP contribution in [-0.4, -0.2) is 14.5 Å². The van der Waals surface area contributed by atoms with Crippen molar-refractivity contribution in [3.8, 4) is 0 Å². The molecule has 0 aliphatic rings. The first-order valence-corrected chi connectivity index (χ1v) is 4.81.